The SMILES string of the molecule is [NH]C(=O)C(NC(=O)N1CCCNC1=O)c1ccccc1. The average molecular weight is 275 g/mol. The van der Waals surface area contributed by atoms with Gasteiger partial charge < -0.3 is 10.6 Å². The molecule has 0 spiro atoms. The summed E-state index contributed by atoms with van der Waals surface area (Å²) in [5, 5.41) is 4.97. The zero-order valence-corrected chi connectivity index (χ0v) is 10.8. The number of imide groups is 1. The normalized spacial score (nSPS) is 16.2. The number of nitrogens with zero attached hydrogens (tertiary/aromatic N) is 1. The van der Waals surface area contributed by atoms with Gasteiger partial charge in [0.25, 0.3) is 5.91 Å². The molecule has 1 aromatic rings. The summed E-state index contributed by atoms with van der Waals surface area (Å²) in [4.78, 5) is 35.9. The molecule has 20 heavy (non-hydrogen) atoms. The van der Waals surface area contributed by atoms with E-state index in [0.29, 0.717) is 25.1 Å². The van der Waals surface area contributed by atoms with Crippen LogP contribution < -0.4 is 16.4 Å². The van der Waals surface area contributed by atoms with Crippen LogP contribution in [0.3, 0.4) is 0 Å². The molecule has 1 heterocycles. The first-order valence-electron chi connectivity index (χ1n) is 6.26. The number of nitrogens with one attached hydrogen (secondary N) is 3. The summed E-state index contributed by atoms with van der Waals surface area (Å²) in [5.74, 6) is -0.929. The zero-order valence-electron chi connectivity index (χ0n) is 10.8. The monoisotopic (exact) mass is 275 g/mol. The molecule has 1 atom stereocenters. The molecule has 0 aromatic heterocycles. The summed E-state index contributed by atoms with van der Waals surface area (Å²) in [6, 6.07) is 6.26. The van der Waals surface area contributed by atoms with E-state index >= 15 is 0 Å². The predicted octanol–water partition coefficient (Wildman–Crippen LogP) is 0.662. The minimum atomic E-state index is -1.07. The van der Waals surface area contributed by atoms with Crippen LogP contribution in [0.15, 0.2) is 30.3 Å². The van der Waals surface area contributed by atoms with Crippen molar-refractivity contribution in [1.82, 2.24) is 21.3 Å². The molecule has 1 fully saturated rings. The van der Waals surface area contributed by atoms with Gasteiger partial charge in [-0.3, -0.25) is 10.5 Å². The second kappa shape index (κ2) is 6.05. The predicted molar refractivity (Wildman–Crippen MR) is 70.5 cm³/mol. The quantitative estimate of drug-likeness (QED) is 0.847. The van der Waals surface area contributed by atoms with Crippen molar-refractivity contribution in [2.45, 2.75) is 12.5 Å². The highest BCUT2D eigenvalue weighted by molar-refractivity contribution is 5.96. The first kappa shape index (κ1) is 13.9. The van der Waals surface area contributed by atoms with Crippen LogP contribution in [0.1, 0.15) is 18.0 Å². The molecule has 0 aliphatic carbocycles. The number of rotatable bonds is 3. The smallest absolute Gasteiger partial charge is 0.326 e. The molecule has 5 amide bonds. The minimum absolute atomic E-state index is 0.297. The highest BCUT2D eigenvalue weighted by Crippen LogP contribution is 2.13. The van der Waals surface area contributed by atoms with E-state index in [1.165, 1.54) is 0 Å². The summed E-state index contributed by atoms with van der Waals surface area (Å²) in [5.41, 5.74) is 7.77. The number of carbonyl (C=O) groups is 3. The summed E-state index contributed by atoms with van der Waals surface area (Å²) < 4.78 is 0. The zero-order chi connectivity index (χ0) is 14.5. The second-order valence-electron chi connectivity index (χ2n) is 4.39. The fourth-order valence-electron chi connectivity index (χ4n) is 1.97. The van der Waals surface area contributed by atoms with Gasteiger partial charge in [-0.25, -0.2) is 14.5 Å². The lowest BCUT2D eigenvalue weighted by Crippen LogP contribution is -2.54. The molecule has 105 valence electrons. The molecule has 0 saturated carbocycles. The lowest BCUT2D eigenvalue weighted by molar-refractivity contribution is -0.120. The number of carbonyl (C=O) groups excluding carboxylic acids is 3. The van der Waals surface area contributed by atoms with Crippen LogP contribution in [0, 0.1) is 0 Å². The van der Waals surface area contributed by atoms with Crippen LogP contribution in [-0.4, -0.2) is 36.0 Å². The van der Waals surface area contributed by atoms with Gasteiger partial charge in [0.05, 0.1) is 0 Å². The number of amides is 5. The van der Waals surface area contributed by atoms with Gasteiger partial charge in [-0.2, -0.15) is 0 Å². The summed E-state index contributed by atoms with van der Waals surface area (Å²) >= 11 is 0. The van der Waals surface area contributed by atoms with Crippen molar-refractivity contribution in [1.29, 1.82) is 0 Å². The standard InChI is InChI=1S/C13H15N4O3/c14-11(18)10(9-5-2-1-3-6-9)16-13(20)17-8-4-7-15-12(17)19/h1-3,5-6,10,14H,4,7-8H2,(H,15,19)(H,16,20). The summed E-state index contributed by atoms with van der Waals surface area (Å²) in [7, 11) is 0. The molecule has 1 saturated heterocycles. The first-order valence-corrected chi connectivity index (χ1v) is 6.26. The van der Waals surface area contributed by atoms with Crippen LogP contribution in [0.25, 0.3) is 0 Å². The lowest BCUT2D eigenvalue weighted by Gasteiger charge is -2.27. The maximum Gasteiger partial charge on any atom is 0.326 e. The van der Waals surface area contributed by atoms with E-state index in [1.54, 1.807) is 30.3 Å². The van der Waals surface area contributed by atoms with Gasteiger partial charge in [-0.15, -0.1) is 0 Å². The van der Waals surface area contributed by atoms with Crippen molar-refractivity contribution in [2.75, 3.05) is 13.1 Å². The number of hydrogen-bond donors (Lipinski definition) is 2. The van der Waals surface area contributed by atoms with Crippen molar-refractivity contribution in [2.24, 2.45) is 0 Å². The Kier molecular flexibility index (Phi) is 4.19. The van der Waals surface area contributed by atoms with Gasteiger partial charge in [-0.1, -0.05) is 30.3 Å². The molecule has 7 nitrogen and oxygen atoms in total. The number of hydrogen-bond acceptors (Lipinski definition) is 3. The Morgan fingerprint density at radius 2 is 2.00 bits per heavy atom. The van der Waals surface area contributed by atoms with Crippen LogP contribution in [0.4, 0.5) is 9.59 Å². The third-order valence-corrected chi connectivity index (χ3v) is 2.99. The Morgan fingerprint density at radius 1 is 1.30 bits per heavy atom. The van der Waals surface area contributed by atoms with Crippen LogP contribution in [0.2, 0.25) is 0 Å². The Balaban J connectivity index is 2.10. The molecule has 1 radical (unpaired) electrons. The van der Waals surface area contributed by atoms with Gasteiger partial charge >= 0.3 is 12.1 Å². The van der Waals surface area contributed by atoms with Gasteiger partial charge in [0.1, 0.15) is 6.04 Å². The van der Waals surface area contributed by atoms with Crippen molar-refractivity contribution < 1.29 is 14.4 Å². The Labute approximate surface area is 116 Å². The van der Waals surface area contributed by atoms with Crippen molar-refractivity contribution in [3.05, 3.63) is 35.9 Å². The molecule has 2 rings (SSSR count). The molecule has 1 aliphatic heterocycles. The number of urea groups is 2. The number of benzene rings is 1. The minimum Gasteiger partial charge on any atom is -0.338 e. The first-order chi connectivity index (χ1) is 9.59. The molecular formula is C13H15N4O3. The van der Waals surface area contributed by atoms with Crippen LogP contribution >= 0.6 is 0 Å². The van der Waals surface area contributed by atoms with Crippen LogP contribution in [0.5, 0.6) is 0 Å². The Bertz CT molecular complexity index is 518. The highest BCUT2D eigenvalue weighted by Gasteiger charge is 2.28. The maximum atomic E-state index is 12.0. The van der Waals surface area contributed by atoms with Gasteiger partial charge in [0.2, 0.25) is 0 Å². The molecule has 7 heteroatoms. The van der Waals surface area contributed by atoms with Gasteiger partial charge in [-0.05, 0) is 12.0 Å². The molecular weight excluding hydrogens is 260 g/mol. The lowest BCUT2D eigenvalue weighted by atomic mass is 10.1. The van der Waals surface area contributed by atoms with E-state index in [-0.39, 0.29) is 0 Å². The van der Waals surface area contributed by atoms with Crippen molar-refractivity contribution in [3.63, 3.8) is 0 Å². The van der Waals surface area contributed by atoms with E-state index in [9.17, 15) is 14.4 Å². The molecule has 3 N–H and O–H groups in total. The van der Waals surface area contributed by atoms with E-state index in [1.807, 2.05) is 0 Å². The molecule has 1 aliphatic rings. The maximum absolute atomic E-state index is 12.0. The Hall–Kier alpha value is -2.57. The van der Waals surface area contributed by atoms with E-state index in [0.717, 1.165) is 4.90 Å². The van der Waals surface area contributed by atoms with E-state index in [2.05, 4.69) is 10.6 Å². The van der Waals surface area contributed by atoms with E-state index in [4.69, 9.17) is 5.73 Å². The fourth-order valence-corrected chi connectivity index (χ4v) is 1.97. The van der Waals surface area contributed by atoms with Gasteiger partial charge in [0, 0.05) is 13.1 Å². The van der Waals surface area contributed by atoms with Crippen LogP contribution in [-0.2, 0) is 4.79 Å². The highest BCUT2D eigenvalue weighted by atomic mass is 16.2. The Morgan fingerprint density at radius 3 is 2.60 bits per heavy atom. The molecule has 0 bridgehead atoms. The third-order valence-electron chi connectivity index (χ3n) is 2.99. The summed E-state index contributed by atoms with van der Waals surface area (Å²) in [6.07, 6.45) is 0.657. The van der Waals surface area contributed by atoms with Crippen molar-refractivity contribution in [3.8, 4) is 0 Å². The fraction of sp³-hybridized carbons (Fsp3) is 0.308. The average Bonchev–Trinajstić information content (AvgIpc) is 2.45. The topological polar surface area (TPSA) is 102 Å². The molecule has 1 unspecified atom stereocenters. The second-order valence-corrected chi connectivity index (χ2v) is 4.39. The van der Waals surface area contributed by atoms with E-state index < -0.39 is 24.0 Å². The molecule has 1 aromatic carbocycles. The summed E-state index contributed by atoms with van der Waals surface area (Å²) in [6.45, 7) is 0.827. The largest absolute Gasteiger partial charge is 0.338 e. The third kappa shape index (κ3) is 3.05. The van der Waals surface area contributed by atoms with Gasteiger partial charge in [0.15, 0.2) is 0 Å². The van der Waals surface area contributed by atoms with Crippen molar-refractivity contribution >= 4 is 18.0 Å².